The van der Waals surface area contributed by atoms with Crippen molar-refractivity contribution in [2.24, 2.45) is 0 Å². The summed E-state index contributed by atoms with van der Waals surface area (Å²) in [6.45, 7) is 5.24. The van der Waals surface area contributed by atoms with Gasteiger partial charge in [0, 0.05) is 6.54 Å². The molecular weight excluding hydrogens is 422 g/mol. The van der Waals surface area contributed by atoms with Crippen molar-refractivity contribution in [3.63, 3.8) is 0 Å². The summed E-state index contributed by atoms with van der Waals surface area (Å²) in [6.07, 6.45) is 3.30. The van der Waals surface area contributed by atoms with Crippen LogP contribution in [0.3, 0.4) is 0 Å². The van der Waals surface area contributed by atoms with Crippen LogP contribution in [0.15, 0.2) is 53.4 Å². The Morgan fingerprint density at radius 1 is 1.10 bits per heavy atom. The minimum absolute atomic E-state index is 0.120. The first kappa shape index (κ1) is 22.6. The molecule has 1 amide bonds. The molecule has 0 atom stereocenters. The van der Waals surface area contributed by atoms with Crippen LogP contribution in [0.5, 0.6) is 0 Å². The van der Waals surface area contributed by atoms with E-state index in [9.17, 15) is 13.2 Å². The number of carbonyl (C=O) groups excluding carboxylic acids is 1. The van der Waals surface area contributed by atoms with Gasteiger partial charge in [0.05, 0.1) is 15.6 Å². The summed E-state index contributed by atoms with van der Waals surface area (Å²) in [6, 6.07) is 13.2. The van der Waals surface area contributed by atoms with Gasteiger partial charge in [-0.3, -0.25) is 9.10 Å². The third-order valence-electron chi connectivity index (χ3n) is 5.19. The van der Waals surface area contributed by atoms with Crippen LogP contribution in [0.2, 0.25) is 5.02 Å². The normalized spacial score (nSPS) is 14.6. The number of halogens is 1. The van der Waals surface area contributed by atoms with Crippen molar-refractivity contribution in [1.29, 1.82) is 0 Å². The van der Waals surface area contributed by atoms with Gasteiger partial charge in [0.25, 0.3) is 10.0 Å². The van der Waals surface area contributed by atoms with Crippen molar-refractivity contribution < 1.29 is 13.2 Å². The van der Waals surface area contributed by atoms with Gasteiger partial charge < -0.3 is 10.2 Å². The molecule has 0 aliphatic carbocycles. The maximum atomic E-state index is 13.3. The van der Waals surface area contributed by atoms with Gasteiger partial charge in [-0.15, -0.1) is 0 Å². The first-order valence-corrected chi connectivity index (χ1v) is 12.0. The highest BCUT2D eigenvalue weighted by atomic mass is 35.5. The Morgan fingerprint density at radius 3 is 2.43 bits per heavy atom. The van der Waals surface area contributed by atoms with E-state index in [0.717, 1.165) is 35.9 Å². The standard InChI is InChI=1S/C22H28ClN3O3S/c1-18-9-11-19(12-10-18)30(28,29)26(21-8-3-2-7-20(21)23)17-22(27)24-13-6-16-25-14-4-5-15-25/h2-3,7-12H,4-6,13-17H2,1H3,(H,24,27). The summed E-state index contributed by atoms with van der Waals surface area (Å²) in [4.78, 5) is 15.1. The van der Waals surface area contributed by atoms with Gasteiger partial charge >= 0.3 is 0 Å². The highest BCUT2D eigenvalue weighted by molar-refractivity contribution is 7.92. The van der Waals surface area contributed by atoms with E-state index in [1.807, 2.05) is 6.92 Å². The zero-order valence-electron chi connectivity index (χ0n) is 17.2. The molecule has 30 heavy (non-hydrogen) atoms. The Labute approximate surface area is 183 Å². The molecule has 2 aromatic rings. The van der Waals surface area contributed by atoms with Crippen molar-refractivity contribution in [3.8, 4) is 0 Å². The van der Waals surface area contributed by atoms with Crippen LogP contribution in [0.25, 0.3) is 0 Å². The molecule has 1 fully saturated rings. The highest BCUT2D eigenvalue weighted by Gasteiger charge is 2.28. The third kappa shape index (κ3) is 5.74. The maximum absolute atomic E-state index is 13.3. The zero-order chi connectivity index (χ0) is 21.6. The Hall–Kier alpha value is -2.09. The van der Waals surface area contributed by atoms with Gasteiger partial charge in [-0.1, -0.05) is 41.4 Å². The van der Waals surface area contributed by atoms with Crippen molar-refractivity contribution in [3.05, 3.63) is 59.1 Å². The van der Waals surface area contributed by atoms with Crippen LogP contribution in [-0.4, -0.2) is 51.9 Å². The first-order valence-electron chi connectivity index (χ1n) is 10.2. The van der Waals surface area contributed by atoms with E-state index in [-0.39, 0.29) is 28.1 Å². The first-order chi connectivity index (χ1) is 14.4. The number of nitrogens with zero attached hydrogens (tertiary/aromatic N) is 2. The van der Waals surface area contributed by atoms with E-state index in [2.05, 4.69) is 10.2 Å². The molecule has 0 spiro atoms. The fraction of sp³-hybridized carbons (Fsp3) is 0.409. The number of sulfonamides is 1. The van der Waals surface area contributed by atoms with E-state index < -0.39 is 10.0 Å². The van der Waals surface area contributed by atoms with Crippen LogP contribution < -0.4 is 9.62 Å². The van der Waals surface area contributed by atoms with Crippen LogP contribution in [0.4, 0.5) is 5.69 Å². The molecule has 162 valence electrons. The fourth-order valence-corrected chi connectivity index (χ4v) is 5.24. The highest BCUT2D eigenvalue weighted by Crippen LogP contribution is 2.30. The van der Waals surface area contributed by atoms with Gasteiger partial charge in [-0.25, -0.2) is 8.42 Å². The predicted molar refractivity (Wildman–Crippen MR) is 120 cm³/mol. The number of amides is 1. The summed E-state index contributed by atoms with van der Waals surface area (Å²) >= 11 is 6.28. The maximum Gasteiger partial charge on any atom is 0.264 e. The molecule has 0 saturated carbocycles. The number of anilines is 1. The molecule has 8 heteroatoms. The molecule has 0 unspecified atom stereocenters. The van der Waals surface area contributed by atoms with Crippen LogP contribution >= 0.6 is 11.6 Å². The van der Waals surface area contributed by atoms with Gasteiger partial charge in [-0.05, 0) is 70.1 Å². The summed E-state index contributed by atoms with van der Waals surface area (Å²) < 4.78 is 27.7. The molecule has 0 bridgehead atoms. The number of carbonyl (C=O) groups is 1. The van der Waals surface area contributed by atoms with E-state index in [1.165, 1.54) is 12.8 Å². The van der Waals surface area contributed by atoms with Crippen molar-refractivity contribution >= 4 is 33.2 Å². The second-order valence-electron chi connectivity index (χ2n) is 7.53. The molecule has 6 nitrogen and oxygen atoms in total. The number of para-hydroxylation sites is 1. The fourth-order valence-electron chi connectivity index (χ4n) is 3.51. The molecular formula is C22H28ClN3O3S. The molecule has 1 aliphatic heterocycles. The van der Waals surface area contributed by atoms with Gasteiger partial charge in [0.1, 0.15) is 6.54 Å². The minimum atomic E-state index is -3.95. The summed E-state index contributed by atoms with van der Waals surface area (Å²) in [5, 5.41) is 3.12. The molecule has 1 saturated heterocycles. The SMILES string of the molecule is Cc1ccc(S(=O)(=O)N(CC(=O)NCCCN2CCCC2)c2ccccc2Cl)cc1. The van der Waals surface area contributed by atoms with E-state index in [1.54, 1.807) is 48.5 Å². The monoisotopic (exact) mass is 449 g/mol. The van der Waals surface area contributed by atoms with Crippen molar-refractivity contribution in [2.45, 2.75) is 31.1 Å². The molecule has 2 aromatic carbocycles. The molecule has 1 heterocycles. The van der Waals surface area contributed by atoms with Crippen LogP contribution in [-0.2, 0) is 14.8 Å². The Bertz CT molecular complexity index is 958. The summed E-state index contributed by atoms with van der Waals surface area (Å²) in [7, 11) is -3.95. The van der Waals surface area contributed by atoms with Crippen LogP contribution in [0, 0.1) is 6.92 Å². The Kier molecular flexibility index (Phi) is 7.75. The Morgan fingerprint density at radius 2 is 1.77 bits per heavy atom. The summed E-state index contributed by atoms with van der Waals surface area (Å²) in [5.41, 5.74) is 1.24. The molecule has 1 aliphatic rings. The van der Waals surface area contributed by atoms with Gasteiger partial charge in [0.2, 0.25) is 5.91 Å². The number of hydrogen-bond acceptors (Lipinski definition) is 4. The van der Waals surface area contributed by atoms with Crippen molar-refractivity contribution in [2.75, 3.05) is 37.0 Å². The van der Waals surface area contributed by atoms with Crippen LogP contribution in [0.1, 0.15) is 24.8 Å². The number of hydrogen-bond donors (Lipinski definition) is 1. The summed E-state index contributed by atoms with van der Waals surface area (Å²) in [5.74, 6) is -0.355. The number of likely N-dealkylation sites (tertiary alicyclic amines) is 1. The lowest BCUT2D eigenvalue weighted by Gasteiger charge is -2.25. The quantitative estimate of drug-likeness (QED) is 0.595. The minimum Gasteiger partial charge on any atom is -0.354 e. The lowest BCUT2D eigenvalue weighted by molar-refractivity contribution is -0.119. The number of aryl methyl sites for hydroxylation is 1. The van der Waals surface area contributed by atoms with E-state index >= 15 is 0 Å². The molecule has 0 aromatic heterocycles. The molecule has 1 N–H and O–H groups in total. The third-order valence-corrected chi connectivity index (χ3v) is 7.28. The zero-order valence-corrected chi connectivity index (χ0v) is 18.8. The van der Waals surface area contributed by atoms with Gasteiger partial charge in [-0.2, -0.15) is 0 Å². The molecule has 0 radical (unpaired) electrons. The second-order valence-corrected chi connectivity index (χ2v) is 9.80. The average molecular weight is 450 g/mol. The largest absolute Gasteiger partial charge is 0.354 e. The number of nitrogens with one attached hydrogen (secondary N) is 1. The number of benzene rings is 2. The van der Waals surface area contributed by atoms with Gasteiger partial charge in [0.15, 0.2) is 0 Å². The average Bonchev–Trinajstić information content (AvgIpc) is 3.24. The lowest BCUT2D eigenvalue weighted by atomic mass is 10.2. The second kappa shape index (κ2) is 10.3. The van der Waals surface area contributed by atoms with E-state index in [4.69, 9.17) is 11.6 Å². The lowest BCUT2D eigenvalue weighted by Crippen LogP contribution is -2.41. The van der Waals surface area contributed by atoms with Crippen molar-refractivity contribution in [1.82, 2.24) is 10.2 Å². The topological polar surface area (TPSA) is 69.7 Å². The molecule has 3 rings (SSSR count). The number of rotatable bonds is 9. The van der Waals surface area contributed by atoms with E-state index in [0.29, 0.717) is 6.54 Å². The smallest absolute Gasteiger partial charge is 0.264 e. The predicted octanol–water partition coefficient (Wildman–Crippen LogP) is 3.45. The Balaban J connectivity index is 1.72.